The SMILES string of the molecule is Cc1c(NC(=O)C2CC(O)CN2)cccc1S(N)(=O)=O. The maximum Gasteiger partial charge on any atom is 0.241 e. The van der Waals surface area contributed by atoms with Crippen molar-refractivity contribution in [2.24, 2.45) is 5.14 Å². The largest absolute Gasteiger partial charge is 0.392 e. The first kappa shape index (κ1) is 14.9. The molecule has 1 aliphatic heterocycles. The second-order valence-electron chi connectivity index (χ2n) is 4.81. The van der Waals surface area contributed by atoms with Gasteiger partial charge in [-0.2, -0.15) is 0 Å². The molecule has 1 fully saturated rings. The van der Waals surface area contributed by atoms with Crippen LogP contribution in [0.15, 0.2) is 23.1 Å². The van der Waals surface area contributed by atoms with Gasteiger partial charge in [-0.15, -0.1) is 0 Å². The van der Waals surface area contributed by atoms with E-state index in [2.05, 4.69) is 10.6 Å². The van der Waals surface area contributed by atoms with Gasteiger partial charge in [0.25, 0.3) is 0 Å². The van der Waals surface area contributed by atoms with Crippen LogP contribution < -0.4 is 15.8 Å². The van der Waals surface area contributed by atoms with Gasteiger partial charge in [0, 0.05) is 12.2 Å². The van der Waals surface area contributed by atoms with Crippen LogP contribution in [0.1, 0.15) is 12.0 Å². The molecule has 2 atom stereocenters. The highest BCUT2D eigenvalue weighted by Gasteiger charge is 2.28. The monoisotopic (exact) mass is 299 g/mol. The second-order valence-corrected chi connectivity index (χ2v) is 6.34. The van der Waals surface area contributed by atoms with E-state index in [0.29, 0.717) is 24.2 Å². The quantitative estimate of drug-likeness (QED) is 0.588. The highest BCUT2D eigenvalue weighted by Crippen LogP contribution is 2.22. The summed E-state index contributed by atoms with van der Waals surface area (Å²) in [7, 11) is -3.83. The average Bonchev–Trinajstić information content (AvgIpc) is 2.77. The fraction of sp³-hybridized carbons (Fsp3) is 0.417. The summed E-state index contributed by atoms with van der Waals surface area (Å²) in [5.41, 5.74) is 0.784. The Balaban J connectivity index is 2.20. The third kappa shape index (κ3) is 3.15. The summed E-state index contributed by atoms with van der Waals surface area (Å²) < 4.78 is 22.8. The number of rotatable bonds is 3. The van der Waals surface area contributed by atoms with Gasteiger partial charge in [-0.1, -0.05) is 6.07 Å². The highest BCUT2D eigenvalue weighted by molar-refractivity contribution is 7.89. The van der Waals surface area contributed by atoms with Crippen molar-refractivity contribution < 1.29 is 18.3 Å². The van der Waals surface area contributed by atoms with Gasteiger partial charge in [-0.25, -0.2) is 13.6 Å². The van der Waals surface area contributed by atoms with Crippen LogP contribution in [-0.2, 0) is 14.8 Å². The molecule has 0 saturated carbocycles. The summed E-state index contributed by atoms with van der Waals surface area (Å²) in [6, 6.07) is 4.02. The summed E-state index contributed by atoms with van der Waals surface area (Å²) >= 11 is 0. The van der Waals surface area contributed by atoms with Crippen molar-refractivity contribution in [2.75, 3.05) is 11.9 Å². The van der Waals surface area contributed by atoms with Crippen LogP contribution in [-0.4, -0.2) is 38.1 Å². The predicted molar refractivity (Wildman–Crippen MR) is 73.6 cm³/mol. The molecule has 0 aromatic heterocycles. The van der Waals surface area contributed by atoms with Crippen LogP contribution in [0.2, 0.25) is 0 Å². The van der Waals surface area contributed by atoms with Crippen LogP contribution in [0.5, 0.6) is 0 Å². The number of carbonyl (C=O) groups is 1. The fourth-order valence-corrected chi connectivity index (χ4v) is 3.00. The molecule has 0 aliphatic carbocycles. The van der Waals surface area contributed by atoms with Gasteiger partial charge >= 0.3 is 0 Å². The molecule has 5 N–H and O–H groups in total. The van der Waals surface area contributed by atoms with Gasteiger partial charge in [-0.05, 0) is 31.0 Å². The molecular formula is C12H17N3O4S. The maximum atomic E-state index is 12.0. The van der Waals surface area contributed by atoms with Crippen molar-refractivity contribution in [3.05, 3.63) is 23.8 Å². The molecule has 0 spiro atoms. The molecule has 1 heterocycles. The topological polar surface area (TPSA) is 122 Å². The lowest BCUT2D eigenvalue weighted by Crippen LogP contribution is -2.35. The van der Waals surface area contributed by atoms with Gasteiger partial charge in [0.05, 0.1) is 17.0 Å². The summed E-state index contributed by atoms with van der Waals surface area (Å²) in [6.45, 7) is 1.95. The summed E-state index contributed by atoms with van der Waals surface area (Å²) in [5.74, 6) is -0.309. The third-order valence-corrected chi connectivity index (χ3v) is 4.33. The lowest BCUT2D eigenvalue weighted by molar-refractivity contribution is -0.117. The Kier molecular flexibility index (Phi) is 4.09. The standard InChI is InChI=1S/C12H17N3O4S/c1-7-9(3-2-4-11(7)20(13,18)19)15-12(17)10-5-8(16)6-14-10/h2-4,8,10,14,16H,5-6H2,1H3,(H,15,17)(H2,13,18,19). The average molecular weight is 299 g/mol. The van der Waals surface area contributed by atoms with Crippen molar-refractivity contribution >= 4 is 21.6 Å². The minimum atomic E-state index is -3.83. The number of carbonyl (C=O) groups excluding carboxylic acids is 1. The Labute approximate surface area is 117 Å². The van der Waals surface area contributed by atoms with Crippen molar-refractivity contribution in [2.45, 2.75) is 30.4 Å². The number of hydrogen-bond donors (Lipinski definition) is 4. The van der Waals surface area contributed by atoms with E-state index in [9.17, 15) is 18.3 Å². The van der Waals surface area contributed by atoms with Crippen LogP contribution in [0.25, 0.3) is 0 Å². The van der Waals surface area contributed by atoms with Gasteiger partial charge in [0.2, 0.25) is 15.9 Å². The van der Waals surface area contributed by atoms with E-state index in [1.54, 1.807) is 13.0 Å². The first-order valence-corrected chi connectivity index (χ1v) is 7.68. The number of aliphatic hydroxyl groups excluding tert-OH is 1. The fourth-order valence-electron chi connectivity index (χ4n) is 2.19. The van der Waals surface area contributed by atoms with E-state index in [1.807, 2.05) is 0 Å². The third-order valence-electron chi connectivity index (χ3n) is 3.27. The molecule has 8 heteroatoms. The molecule has 0 bridgehead atoms. The minimum absolute atomic E-state index is 0.0188. The van der Waals surface area contributed by atoms with E-state index in [-0.39, 0.29) is 10.8 Å². The lowest BCUT2D eigenvalue weighted by Gasteiger charge is -2.14. The molecular weight excluding hydrogens is 282 g/mol. The number of benzene rings is 1. The van der Waals surface area contributed by atoms with E-state index in [1.165, 1.54) is 12.1 Å². The lowest BCUT2D eigenvalue weighted by atomic mass is 10.1. The van der Waals surface area contributed by atoms with Crippen LogP contribution in [0.4, 0.5) is 5.69 Å². The van der Waals surface area contributed by atoms with Crippen molar-refractivity contribution in [1.82, 2.24) is 5.32 Å². The molecule has 1 aliphatic rings. The summed E-state index contributed by atoms with van der Waals surface area (Å²) in [6.07, 6.45) is -0.206. The molecule has 1 aromatic rings. The van der Waals surface area contributed by atoms with Crippen molar-refractivity contribution in [1.29, 1.82) is 0 Å². The first-order valence-electron chi connectivity index (χ1n) is 6.14. The molecule has 2 rings (SSSR count). The number of anilines is 1. The molecule has 1 amide bonds. The van der Waals surface area contributed by atoms with E-state index >= 15 is 0 Å². The normalized spacial score (nSPS) is 22.8. The van der Waals surface area contributed by atoms with E-state index in [0.717, 1.165) is 0 Å². The second kappa shape index (κ2) is 5.49. The van der Waals surface area contributed by atoms with Crippen LogP contribution in [0, 0.1) is 6.92 Å². The van der Waals surface area contributed by atoms with E-state index in [4.69, 9.17) is 5.14 Å². The number of nitrogens with one attached hydrogen (secondary N) is 2. The van der Waals surface area contributed by atoms with Crippen molar-refractivity contribution in [3.63, 3.8) is 0 Å². The predicted octanol–water partition coefficient (Wildman–Crippen LogP) is -0.696. The Morgan fingerprint density at radius 1 is 1.50 bits per heavy atom. The molecule has 0 radical (unpaired) electrons. The van der Waals surface area contributed by atoms with Gasteiger partial charge < -0.3 is 15.7 Å². The Morgan fingerprint density at radius 2 is 2.20 bits per heavy atom. The Hall–Kier alpha value is -1.48. The van der Waals surface area contributed by atoms with Gasteiger partial charge in [0.1, 0.15) is 0 Å². The minimum Gasteiger partial charge on any atom is -0.392 e. The smallest absolute Gasteiger partial charge is 0.241 e. The van der Waals surface area contributed by atoms with Crippen LogP contribution >= 0.6 is 0 Å². The molecule has 1 aromatic carbocycles. The summed E-state index contributed by atoms with van der Waals surface area (Å²) in [5, 5.41) is 20.0. The zero-order valence-corrected chi connectivity index (χ0v) is 11.8. The Bertz CT molecular complexity index is 630. The number of sulfonamides is 1. The molecule has 110 valence electrons. The maximum absolute atomic E-state index is 12.0. The number of amides is 1. The first-order chi connectivity index (χ1) is 9.29. The highest BCUT2D eigenvalue weighted by atomic mass is 32.2. The van der Waals surface area contributed by atoms with Crippen LogP contribution in [0.3, 0.4) is 0 Å². The summed E-state index contributed by atoms with van der Waals surface area (Å²) in [4.78, 5) is 12.0. The van der Waals surface area contributed by atoms with Gasteiger partial charge in [-0.3, -0.25) is 4.79 Å². The van der Waals surface area contributed by atoms with E-state index < -0.39 is 22.2 Å². The molecule has 2 unspecified atom stereocenters. The zero-order chi connectivity index (χ0) is 14.9. The molecule has 1 saturated heterocycles. The van der Waals surface area contributed by atoms with Crippen molar-refractivity contribution in [3.8, 4) is 0 Å². The number of aliphatic hydroxyl groups is 1. The number of primary sulfonamides is 1. The number of β-amino-alcohol motifs (C(OH)–C–C–N with tert-alkyl or cyclic N) is 1. The number of hydrogen-bond acceptors (Lipinski definition) is 5. The molecule has 20 heavy (non-hydrogen) atoms. The molecule has 7 nitrogen and oxygen atoms in total. The number of nitrogens with two attached hydrogens (primary N) is 1. The zero-order valence-electron chi connectivity index (χ0n) is 11.0. The van der Waals surface area contributed by atoms with Gasteiger partial charge in [0.15, 0.2) is 0 Å². The Morgan fingerprint density at radius 3 is 2.75 bits per heavy atom.